The number of H-pyrrole nitrogens is 1. The standard InChI is InChI=1S/C17H12ClF2N7/c18-13-6-14(27-17(21)26-13)24-8-1-2-11(9(19)5-8)25-12-3-4-22-16-15(12)10(20)7-23-16/h1-7H,(H2,22,23,25)(H3,21,24,26,27). The van der Waals surface area contributed by atoms with E-state index in [-0.39, 0.29) is 22.2 Å². The summed E-state index contributed by atoms with van der Waals surface area (Å²) in [5.41, 5.74) is 6.90. The molecule has 0 radical (unpaired) electrons. The van der Waals surface area contributed by atoms with Crippen LogP contribution in [0.15, 0.2) is 42.7 Å². The first-order valence-electron chi connectivity index (χ1n) is 7.75. The Balaban J connectivity index is 1.61. The van der Waals surface area contributed by atoms with Crippen LogP contribution in [0.2, 0.25) is 5.15 Å². The van der Waals surface area contributed by atoms with Gasteiger partial charge in [-0.1, -0.05) is 11.6 Å². The summed E-state index contributed by atoms with van der Waals surface area (Å²) in [7, 11) is 0. The third kappa shape index (κ3) is 3.44. The molecule has 136 valence electrons. The molecule has 0 fully saturated rings. The summed E-state index contributed by atoms with van der Waals surface area (Å²) in [6.45, 7) is 0. The number of pyridine rings is 1. The minimum Gasteiger partial charge on any atom is -0.368 e. The zero-order valence-corrected chi connectivity index (χ0v) is 14.4. The van der Waals surface area contributed by atoms with Crippen LogP contribution in [0.1, 0.15) is 0 Å². The number of aromatic amines is 1. The zero-order valence-electron chi connectivity index (χ0n) is 13.6. The van der Waals surface area contributed by atoms with Crippen molar-refractivity contribution in [2.45, 2.75) is 0 Å². The number of nitrogens with zero attached hydrogens (tertiary/aromatic N) is 3. The predicted octanol–water partition coefficient (Wildman–Crippen LogP) is 4.35. The molecule has 0 aliphatic carbocycles. The Hall–Kier alpha value is -3.46. The fraction of sp³-hybridized carbons (Fsp3) is 0. The third-order valence-electron chi connectivity index (χ3n) is 3.75. The van der Waals surface area contributed by atoms with E-state index in [9.17, 15) is 8.78 Å². The molecule has 0 saturated carbocycles. The van der Waals surface area contributed by atoms with Gasteiger partial charge in [0, 0.05) is 24.1 Å². The van der Waals surface area contributed by atoms with Crippen LogP contribution in [0.3, 0.4) is 0 Å². The van der Waals surface area contributed by atoms with Gasteiger partial charge in [-0.3, -0.25) is 0 Å². The van der Waals surface area contributed by atoms with Gasteiger partial charge in [0.15, 0.2) is 5.82 Å². The van der Waals surface area contributed by atoms with Gasteiger partial charge in [0.25, 0.3) is 0 Å². The minimum atomic E-state index is -0.547. The van der Waals surface area contributed by atoms with E-state index in [1.807, 2.05) is 0 Å². The van der Waals surface area contributed by atoms with E-state index in [1.54, 1.807) is 12.1 Å². The van der Waals surface area contributed by atoms with Gasteiger partial charge in [-0.2, -0.15) is 4.98 Å². The van der Waals surface area contributed by atoms with Gasteiger partial charge in [0.05, 0.1) is 16.8 Å². The van der Waals surface area contributed by atoms with Gasteiger partial charge in [-0.05, 0) is 24.3 Å². The fourth-order valence-corrected chi connectivity index (χ4v) is 2.80. The molecule has 0 spiro atoms. The second-order valence-corrected chi connectivity index (χ2v) is 5.98. The Morgan fingerprint density at radius 3 is 2.63 bits per heavy atom. The number of benzene rings is 1. The molecule has 1 aromatic carbocycles. The van der Waals surface area contributed by atoms with Gasteiger partial charge in [-0.25, -0.2) is 18.7 Å². The Kier molecular flexibility index (Phi) is 4.21. The second-order valence-electron chi connectivity index (χ2n) is 5.60. The summed E-state index contributed by atoms with van der Waals surface area (Å²) in [5, 5.41) is 6.20. The molecule has 10 heteroatoms. The highest BCUT2D eigenvalue weighted by atomic mass is 35.5. The minimum absolute atomic E-state index is 0.000933. The largest absolute Gasteiger partial charge is 0.368 e. The van der Waals surface area contributed by atoms with Gasteiger partial charge in [-0.15, -0.1) is 0 Å². The Bertz CT molecular complexity index is 1130. The number of anilines is 5. The number of fused-ring (bicyclic) bond motifs is 1. The van der Waals surface area contributed by atoms with E-state index in [4.69, 9.17) is 17.3 Å². The number of halogens is 3. The predicted molar refractivity (Wildman–Crippen MR) is 100 cm³/mol. The molecular weight excluding hydrogens is 376 g/mol. The van der Waals surface area contributed by atoms with E-state index in [0.717, 1.165) is 0 Å². The average Bonchev–Trinajstić information content (AvgIpc) is 2.99. The van der Waals surface area contributed by atoms with Crippen LogP contribution in [0, 0.1) is 11.6 Å². The van der Waals surface area contributed by atoms with Crippen molar-refractivity contribution in [2.24, 2.45) is 0 Å². The molecule has 0 saturated heterocycles. The van der Waals surface area contributed by atoms with Crippen LogP contribution in [-0.2, 0) is 0 Å². The number of nitrogen functional groups attached to an aromatic ring is 1. The summed E-state index contributed by atoms with van der Waals surface area (Å²) in [6, 6.07) is 7.44. The highest BCUT2D eigenvalue weighted by Crippen LogP contribution is 2.29. The van der Waals surface area contributed by atoms with E-state index >= 15 is 0 Å². The van der Waals surface area contributed by atoms with Crippen molar-refractivity contribution in [1.29, 1.82) is 0 Å². The van der Waals surface area contributed by atoms with Gasteiger partial charge in [0.1, 0.15) is 22.4 Å². The SMILES string of the molecule is Nc1nc(Cl)cc(Nc2ccc(Nc3ccnc4[nH]cc(F)c34)c(F)c2)n1. The molecule has 0 atom stereocenters. The molecule has 4 rings (SSSR count). The van der Waals surface area contributed by atoms with Crippen molar-refractivity contribution in [3.8, 4) is 0 Å². The smallest absolute Gasteiger partial charge is 0.223 e. The normalized spacial score (nSPS) is 10.9. The molecule has 7 nitrogen and oxygen atoms in total. The van der Waals surface area contributed by atoms with Crippen LogP contribution in [0.5, 0.6) is 0 Å². The first-order valence-corrected chi connectivity index (χ1v) is 8.12. The topological polar surface area (TPSA) is 105 Å². The van der Waals surface area contributed by atoms with E-state index in [2.05, 4.69) is 30.6 Å². The number of aromatic nitrogens is 4. The number of hydrogen-bond donors (Lipinski definition) is 4. The molecule has 27 heavy (non-hydrogen) atoms. The van der Waals surface area contributed by atoms with E-state index < -0.39 is 11.6 Å². The number of nitrogens with two attached hydrogens (primary N) is 1. The highest BCUT2D eigenvalue weighted by molar-refractivity contribution is 6.29. The molecule has 3 heterocycles. The van der Waals surface area contributed by atoms with Crippen molar-refractivity contribution in [2.75, 3.05) is 16.4 Å². The Morgan fingerprint density at radius 1 is 1.00 bits per heavy atom. The molecule has 0 aliphatic heterocycles. The zero-order chi connectivity index (χ0) is 19.0. The number of hydrogen-bond acceptors (Lipinski definition) is 6. The Labute approximate surface area is 156 Å². The molecule has 0 unspecified atom stereocenters. The van der Waals surface area contributed by atoms with Crippen molar-refractivity contribution in [1.82, 2.24) is 19.9 Å². The third-order valence-corrected chi connectivity index (χ3v) is 3.94. The highest BCUT2D eigenvalue weighted by Gasteiger charge is 2.12. The van der Waals surface area contributed by atoms with Crippen LogP contribution in [0.25, 0.3) is 11.0 Å². The molecule has 0 aliphatic rings. The van der Waals surface area contributed by atoms with Gasteiger partial charge >= 0.3 is 0 Å². The summed E-state index contributed by atoms with van der Waals surface area (Å²) < 4.78 is 28.5. The van der Waals surface area contributed by atoms with Crippen LogP contribution in [-0.4, -0.2) is 19.9 Å². The number of nitrogens with one attached hydrogen (secondary N) is 3. The quantitative estimate of drug-likeness (QED) is 0.388. The molecule has 0 bridgehead atoms. The Morgan fingerprint density at radius 2 is 1.85 bits per heavy atom. The maximum absolute atomic E-state index is 14.5. The lowest BCUT2D eigenvalue weighted by atomic mass is 10.2. The summed E-state index contributed by atoms with van der Waals surface area (Å²) in [4.78, 5) is 14.5. The summed E-state index contributed by atoms with van der Waals surface area (Å²) in [5.74, 6) is -0.691. The lowest BCUT2D eigenvalue weighted by Crippen LogP contribution is -2.01. The molecule has 0 amide bonds. The first kappa shape index (κ1) is 17.0. The molecule has 3 aromatic heterocycles. The number of rotatable bonds is 4. The first-order chi connectivity index (χ1) is 13.0. The van der Waals surface area contributed by atoms with Crippen molar-refractivity contribution >= 4 is 51.5 Å². The van der Waals surface area contributed by atoms with Crippen molar-refractivity contribution in [3.05, 3.63) is 59.5 Å². The van der Waals surface area contributed by atoms with Crippen molar-refractivity contribution in [3.63, 3.8) is 0 Å². The monoisotopic (exact) mass is 387 g/mol. The van der Waals surface area contributed by atoms with Gasteiger partial charge < -0.3 is 21.4 Å². The average molecular weight is 388 g/mol. The van der Waals surface area contributed by atoms with Gasteiger partial charge in [0.2, 0.25) is 5.95 Å². The van der Waals surface area contributed by atoms with Crippen LogP contribution >= 0.6 is 11.6 Å². The maximum atomic E-state index is 14.5. The molecule has 5 N–H and O–H groups in total. The second kappa shape index (κ2) is 6.69. The molecular formula is C17H12ClF2N7. The summed E-state index contributed by atoms with van der Waals surface area (Å²) >= 11 is 5.82. The van der Waals surface area contributed by atoms with Crippen molar-refractivity contribution < 1.29 is 8.78 Å². The maximum Gasteiger partial charge on any atom is 0.223 e. The fourth-order valence-electron chi connectivity index (χ4n) is 2.61. The lowest BCUT2D eigenvalue weighted by molar-refractivity contribution is 0.632. The van der Waals surface area contributed by atoms with Crippen LogP contribution < -0.4 is 16.4 Å². The van der Waals surface area contributed by atoms with E-state index in [1.165, 1.54) is 30.6 Å². The summed E-state index contributed by atoms with van der Waals surface area (Å²) in [6.07, 6.45) is 2.70. The lowest BCUT2D eigenvalue weighted by Gasteiger charge is -2.11. The van der Waals surface area contributed by atoms with E-state index in [0.29, 0.717) is 22.8 Å². The van der Waals surface area contributed by atoms with Crippen LogP contribution in [0.4, 0.5) is 37.6 Å². The molecule has 4 aromatic rings.